The first kappa shape index (κ1) is 20.0. The fraction of sp³-hybridized carbons (Fsp3) is 0.455. The highest BCUT2D eigenvalue weighted by molar-refractivity contribution is 5.92. The Bertz CT molecular complexity index is 1090. The maximum Gasteiger partial charge on any atom is 0.229 e. The summed E-state index contributed by atoms with van der Waals surface area (Å²) < 4.78 is 14.8. The first-order chi connectivity index (χ1) is 15.2. The molecule has 31 heavy (non-hydrogen) atoms. The van der Waals surface area contributed by atoms with Crippen LogP contribution in [0.2, 0.25) is 0 Å². The fourth-order valence-corrected chi connectivity index (χ4v) is 4.40. The summed E-state index contributed by atoms with van der Waals surface area (Å²) in [5, 5.41) is 11.6. The molecular formula is C22H26FN7O. The molecule has 0 bridgehead atoms. The lowest BCUT2D eigenvalue weighted by Gasteiger charge is -2.27. The van der Waals surface area contributed by atoms with Gasteiger partial charge in [0.15, 0.2) is 0 Å². The Labute approximate surface area is 179 Å². The molecule has 2 N–H and O–H groups in total. The van der Waals surface area contributed by atoms with E-state index in [0.29, 0.717) is 19.0 Å². The van der Waals surface area contributed by atoms with E-state index in [1.165, 1.54) is 0 Å². The van der Waals surface area contributed by atoms with Crippen LogP contribution in [0.1, 0.15) is 18.5 Å². The van der Waals surface area contributed by atoms with Crippen LogP contribution in [-0.4, -0.2) is 63.4 Å². The molecule has 3 aromatic rings. The number of hydrogen-bond donors (Lipinski definition) is 2. The average molecular weight is 423 g/mol. The molecule has 1 fully saturated rings. The van der Waals surface area contributed by atoms with Crippen LogP contribution in [0.15, 0.2) is 30.6 Å². The molecule has 1 aromatic carbocycles. The summed E-state index contributed by atoms with van der Waals surface area (Å²) in [6.45, 7) is 4.06. The predicted molar refractivity (Wildman–Crippen MR) is 116 cm³/mol. The number of rotatable bonds is 5. The molecule has 2 aromatic heterocycles. The van der Waals surface area contributed by atoms with Crippen LogP contribution >= 0.6 is 0 Å². The van der Waals surface area contributed by atoms with Gasteiger partial charge in [-0.15, -0.1) is 0 Å². The molecule has 0 unspecified atom stereocenters. The van der Waals surface area contributed by atoms with Gasteiger partial charge in [0.25, 0.3) is 0 Å². The maximum absolute atomic E-state index is 12.8. The Morgan fingerprint density at radius 3 is 2.94 bits per heavy atom. The molecule has 0 atom stereocenters. The SMILES string of the molecule is O=C(Nc1ncc2ccc(-c3cnn4c3CN(CCF)CC4)cc2n1)C1CCNCC1. The summed E-state index contributed by atoms with van der Waals surface area (Å²) in [5.41, 5.74) is 3.89. The van der Waals surface area contributed by atoms with Crippen LogP contribution in [0.5, 0.6) is 0 Å². The molecule has 2 aliphatic heterocycles. The summed E-state index contributed by atoms with van der Waals surface area (Å²) in [4.78, 5) is 23.6. The van der Waals surface area contributed by atoms with Gasteiger partial charge in [0.05, 0.1) is 24.0 Å². The van der Waals surface area contributed by atoms with Gasteiger partial charge >= 0.3 is 0 Å². The van der Waals surface area contributed by atoms with Crippen molar-refractivity contribution >= 4 is 22.8 Å². The summed E-state index contributed by atoms with van der Waals surface area (Å²) in [7, 11) is 0. The van der Waals surface area contributed by atoms with Gasteiger partial charge in [0.1, 0.15) is 6.67 Å². The van der Waals surface area contributed by atoms with Gasteiger partial charge in [-0.05, 0) is 37.6 Å². The number of anilines is 1. The number of benzene rings is 1. The Balaban J connectivity index is 1.40. The highest BCUT2D eigenvalue weighted by atomic mass is 19.1. The average Bonchev–Trinajstić information content (AvgIpc) is 3.23. The molecule has 0 aliphatic carbocycles. The molecule has 4 heterocycles. The van der Waals surface area contributed by atoms with Gasteiger partial charge in [-0.2, -0.15) is 5.10 Å². The topological polar surface area (TPSA) is 88.0 Å². The molecule has 0 spiro atoms. The van der Waals surface area contributed by atoms with Crippen molar-refractivity contribution in [3.05, 3.63) is 36.3 Å². The molecule has 0 radical (unpaired) electrons. The predicted octanol–water partition coefficient (Wildman–Crippen LogP) is 2.22. The normalized spacial score (nSPS) is 17.6. The van der Waals surface area contributed by atoms with E-state index in [4.69, 9.17) is 0 Å². The number of carbonyl (C=O) groups is 1. The smallest absolute Gasteiger partial charge is 0.229 e. The van der Waals surface area contributed by atoms with Crippen molar-refractivity contribution in [3.8, 4) is 11.1 Å². The van der Waals surface area contributed by atoms with E-state index in [1.807, 2.05) is 29.1 Å². The number of nitrogens with one attached hydrogen (secondary N) is 2. The lowest BCUT2D eigenvalue weighted by molar-refractivity contribution is -0.120. The fourth-order valence-electron chi connectivity index (χ4n) is 4.40. The molecule has 1 saturated heterocycles. The Hall–Kier alpha value is -2.91. The van der Waals surface area contributed by atoms with E-state index < -0.39 is 0 Å². The molecular weight excluding hydrogens is 397 g/mol. The second-order valence-electron chi connectivity index (χ2n) is 8.17. The highest BCUT2D eigenvalue weighted by Crippen LogP contribution is 2.29. The van der Waals surface area contributed by atoms with Crippen molar-refractivity contribution in [2.75, 3.05) is 38.2 Å². The monoisotopic (exact) mass is 423 g/mol. The van der Waals surface area contributed by atoms with E-state index in [9.17, 15) is 9.18 Å². The van der Waals surface area contributed by atoms with Crippen LogP contribution in [0.4, 0.5) is 10.3 Å². The summed E-state index contributed by atoms with van der Waals surface area (Å²) >= 11 is 0. The van der Waals surface area contributed by atoms with E-state index in [-0.39, 0.29) is 18.5 Å². The van der Waals surface area contributed by atoms with E-state index in [0.717, 1.165) is 66.7 Å². The molecule has 8 nitrogen and oxygen atoms in total. The molecule has 0 saturated carbocycles. The van der Waals surface area contributed by atoms with E-state index in [1.54, 1.807) is 6.20 Å². The maximum atomic E-state index is 12.8. The standard InChI is InChI=1S/C22H26FN7O/c23-5-8-29-9-10-30-20(14-29)18(13-26-30)16-1-2-17-12-25-22(27-19(17)11-16)28-21(31)15-3-6-24-7-4-15/h1-2,11-13,15,24H,3-10,14H2,(H,25,27,28,31). The van der Waals surface area contributed by atoms with Crippen molar-refractivity contribution in [2.24, 2.45) is 5.92 Å². The van der Waals surface area contributed by atoms with Crippen LogP contribution in [-0.2, 0) is 17.9 Å². The van der Waals surface area contributed by atoms with Gasteiger partial charge < -0.3 is 5.32 Å². The van der Waals surface area contributed by atoms with Gasteiger partial charge in [-0.3, -0.25) is 19.7 Å². The number of hydrogen-bond acceptors (Lipinski definition) is 6. The Morgan fingerprint density at radius 2 is 2.10 bits per heavy atom. The number of piperidine rings is 1. The largest absolute Gasteiger partial charge is 0.317 e. The number of halogens is 1. The van der Waals surface area contributed by atoms with Crippen molar-refractivity contribution in [1.29, 1.82) is 0 Å². The second kappa shape index (κ2) is 8.68. The number of fused-ring (bicyclic) bond motifs is 2. The third kappa shape index (κ3) is 4.15. The van der Waals surface area contributed by atoms with Crippen LogP contribution in [0.25, 0.3) is 22.0 Å². The zero-order valence-corrected chi connectivity index (χ0v) is 17.4. The number of nitrogens with zero attached hydrogens (tertiary/aromatic N) is 5. The molecule has 2 aliphatic rings. The molecule has 162 valence electrons. The quantitative estimate of drug-likeness (QED) is 0.654. The van der Waals surface area contributed by atoms with Crippen molar-refractivity contribution in [2.45, 2.75) is 25.9 Å². The Morgan fingerprint density at radius 1 is 1.23 bits per heavy atom. The second-order valence-corrected chi connectivity index (χ2v) is 8.17. The molecule has 9 heteroatoms. The van der Waals surface area contributed by atoms with Crippen LogP contribution in [0, 0.1) is 5.92 Å². The minimum absolute atomic E-state index is 0.00177. The minimum atomic E-state index is -0.345. The molecule has 1 amide bonds. The zero-order chi connectivity index (χ0) is 21.2. The van der Waals surface area contributed by atoms with Gasteiger partial charge in [-0.1, -0.05) is 12.1 Å². The molecule has 5 rings (SSSR count). The summed E-state index contributed by atoms with van der Waals surface area (Å²) in [6, 6.07) is 6.02. The number of carbonyl (C=O) groups excluding carboxylic acids is 1. The lowest BCUT2D eigenvalue weighted by atomic mass is 9.97. The van der Waals surface area contributed by atoms with Gasteiger partial charge in [0, 0.05) is 42.7 Å². The third-order valence-corrected chi connectivity index (χ3v) is 6.19. The van der Waals surface area contributed by atoms with Gasteiger partial charge in [0.2, 0.25) is 11.9 Å². The first-order valence-corrected chi connectivity index (χ1v) is 10.8. The van der Waals surface area contributed by atoms with E-state index in [2.05, 4.69) is 30.6 Å². The van der Waals surface area contributed by atoms with Gasteiger partial charge in [-0.25, -0.2) is 14.4 Å². The number of amides is 1. The lowest BCUT2D eigenvalue weighted by Crippen LogP contribution is -2.35. The number of alkyl halides is 1. The summed E-state index contributed by atoms with van der Waals surface area (Å²) in [6.07, 6.45) is 5.27. The minimum Gasteiger partial charge on any atom is -0.317 e. The Kier molecular flexibility index (Phi) is 5.61. The van der Waals surface area contributed by atoms with E-state index >= 15 is 0 Å². The van der Waals surface area contributed by atoms with Crippen LogP contribution in [0.3, 0.4) is 0 Å². The zero-order valence-electron chi connectivity index (χ0n) is 17.4. The highest BCUT2D eigenvalue weighted by Gasteiger charge is 2.23. The summed E-state index contributed by atoms with van der Waals surface area (Å²) in [5.74, 6) is 0.313. The first-order valence-electron chi connectivity index (χ1n) is 10.8. The van der Waals surface area contributed by atoms with Crippen LogP contribution < -0.4 is 10.6 Å². The van der Waals surface area contributed by atoms with Crippen molar-refractivity contribution in [3.63, 3.8) is 0 Å². The third-order valence-electron chi connectivity index (χ3n) is 6.19. The number of aromatic nitrogens is 4. The van der Waals surface area contributed by atoms with Crippen molar-refractivity contribution in [1.82, 2.24) is 30.0 Å². The van der Waals surface area contributed by atoms with Crippen molar-refractivity contribution < 1.29 is 9.18 Å².